The first-order valence-corrected chi connectivity index (χ1v) is 8.77. The molecule has 0 spiro atoms. The molecule has 1 fully saturated rings. The van der Waals surface area contributed by atoms with E-state index in [4.69, 9.17) is 4.74 Å². The molecule has 0 bridgehead atoms. The van der Waals surface area contributed by atoms with E-state index in [9.17, 15) is 22.8 Å². The topological polar surface area (TPSA) is 58.6 Å². The predicted molar refractivity (Wildman–Crippen MR) is 94.2 cm³/mol. The van der Waals surface area contributed by atoms with Crippen LogP contribution in [0.25, 0.3) is 0 Å². The number of nitrogens with zero attached hydrogens (tertiary/aromatic N) is 1. The SMILES string of the molecule is CC(C)NC(=O)c1ccc(F)cc1[C@H]1CC(F)(F)CN1C(=O)OC(C)(C)C. The van der Waals surface area contributed by atoms with Crippen LogP contribution in [0.4, 0.5) is 18.0 Å². The van der Waals surface area contributed by atoms with Gasteiger partial charge in [-0.25, -0.2) is 18.0 Å². The molecule has 2 amide bonds. The van der Waals surface area contributed by atoms with Gasteiger partial charge in [-0.3, -0.25) is 9.69 Å². The Morgan fingerprint density at radius 1 is 1.30 bits per heavy atom. The number of hydrogen-bond donors (Lipinski definition) is 1. The molecule has 1 saturated heterocycles. The van der Waals surface area contributed by atoms with Crippen LogP contribution >= 0.6 is 0 Å². The summed E-state index contributed by atoms with van der Waals surface area (Å²) in [7, 11) is 0. The molecule has 1 aliphatic rings. The first-order chi connectivity index (χ1) is 12.3. The Hall–Kier alpha value is -2.25. The molecule has 1 aromatic rings. The molecule has 1 aliphatic heterocycles. The molecule has 0 radical (unpaired) electrons. The van der Waals surface area contributed by atoms with E-state index < -0.39 is 48.3 Å². The molecule has 2 rings (SSSR count). The van der Waals surface area contributed by atoms with Gasteiger partial charge in [-0.05, 0) is 58.4 Å². The van der Waals surface area contributed by atoms with Crippen molar-refractivity contribution in [1.29, 1.82) is 0 Å². The highest BCUT2D eigenvalue weighted by Gasteiger charge is 2.49. The number of likely N-dealkylation sites (tertiary alicyclic amines) is 1. The van der Waals surface area contributed by atoms with Crippen LogP contribution < -0.4 is 5.32 Å². The number of ether oxygens (including phenoxy) is 1. The van der Waals surface area contributed by atoms with Gasteiger partial charge in [0.2, 0.25) is 0 Å². The van der Waals surface area contributed by atoms with E-state index in [0.29, 0.717) is 0 Å². The number of carbonyl (C=O) groups is 2. The van der Waals surface area contributed by atoms with Gasteiger partial charge in [0, 0.05) is 18.0 Å². The van der Waals surface area contributed by atoms with E-state index in [1.165, 1.54) is 6.07 Å². The van der Waals surface area contributed by atoms with Crippen molar-refractivity contribution in [3.63, 3.8) is 0 Å². The van der Waals surface area contributed by atoms with Crippen LogP contribution in [-0.4, -0.2) is 41.0 Å². The Balaban J connectivity index is 2.45. The minimum absolute atomic E-state index is 0.0381. The first-order valence-electron chi connectivity index (χ1n) is 8.77. The lowest BCUT2D eigenvalue weighted by molar-refractivity contribution is -0.00244. The Morgan fingerprint density at radius 2 is 1.93 bits per heavy atom. The van der Waals surface area contributed by atoms with E-state index in [-0.39, 0.29) is 17.2 Å². The zero-order valence-corrected chi connectivity index (χ0v) is 16.1. The maximum absolute atomic E-state index is 14.1. The molecule has 1 aromatic carbocycles. The third-order valence-corrected chi connectivity index (χ3v) is 3.93. The van der Waals surface area contributed by atoms with Gasteiger partial charge in [0.1, 0.15) is 11.4 Å². The lowest BCUT2D eigenvalue weighted by Gasteiger charge is -2.29. The van der Waals surface area contributed by atoms with Gasteiger partial charge in [-0.15, -0.1) is 0 Å². The number of carbonyl (C=O) groups excluding carboxylic acids is 2. The third-order valence-electron chi connectivity index (χ3n) is 3.93. The number of alkyl halides is 2. The van der Waals surface area contributed by atoms with E-state index in [0.717, 1.165) is 17.0 Å². The maximum Gasteiger partial charge on any atom is 0.411 e. The molecule has 8 heteroatoms. The fourth-order valence-corrected chi connectivity index (χ4v) is 2.96. The average molecular weight is 386 g/mol. The molecule has 1 heterocycles. The smallest absolute Gasteiger partial charge is 0.411 e. The standard InChI is InChI=1S/C19H25F3N2O3/c1-11(2)23-16(25)13-7-6-12(20)8-14(13)15-9-19(21,22)10-24(15)17(26)27-18(3,4)5/h6-8,11,15H,9-10H2,1-5H3,(H,23,25)/t15-/m1/s1. The van der Waals surface area contributed by atoms with Crippen molar-refractivity contribution >= 4 is 12.0 Å². The summed E-state index contributed by atoms with van der Waals surface area (Å²) in [6.07, 6.45) is -1.64. The van der Waals surface area contributed by atoms with Gasteiger partial charge in [0.25, 0.3) is 11.8 Å². The number of hydrogen-bond acceptors (Lipinski definition) is 3. The number of amides is 2. The molecule has 0 aliphatic carbocycles. The normalized spacial score (nSPS) is 19.3. The molecular weight excluding hydrogens is 361 g/mol. The van der Waals surface area contributed by atoms with E-state index >= 15 is 0 Å². The molecule has 0 unspecified atom stereocenters. The number of halogens is 3. The van der Waals surface area contributed by atoms with Gasteiger partial charge >= 0.3 is 6.09 Å². The summed E-state index contributed by atoms with van der Waals surface area (Å²) in [5.41, 5.74) is -0.781. The van der Waals surface area contributed by atoms with Gasteiger partial charge in [-0.2, -0.15) is 0 Å². The Labute approximate surface area is 156 Å². The van der Waals surface area contributed by atoms with Gasteiger partial charge in [0.05, 0.1) is 12.6 Å². The van der Waals surface area contributed by atoms with E-state index in [1.807, 2.05) is 0 Å². The summed E-state index contributed by atoms with van der Waals surface area (Å²) in [4.78, 5) is 25.8. The second kappa shape index (κ2) is 7.40. The lowest BCUT2D eigenvalue weighted by Crippen LogP contribution is -2.38. The van der Waals surface area contributed by atoms with Crippen molar-refractivity contribution < 1.29 is 27.5 Å². The van der Waals surface area contributed by atoms with Gasteiger partial charge in [0.15, 0.2) is 0 Å². The zero-order chi connectivity index (χ0) is 20.6. The second-order valence-electron chi connectivity index (χ2n) is 8.04. The fourth-order valence-electron chi connectivity index (χ4n) is 2.96. The van der Waals surface area contributed by atoms with Crippen LogP contribution in [0.1, 0.15) is 63.0 Å². The van der Waals surface area contributed by atoms with E-state index in [1.54, 1.807) is 34.6 Å². The Kier molecular flexibility index (Phi) is 5.77. The largest absolute Gasteiger partial charge is 0.444 e. The summed E-state index contributed by atoms with van der Waals surface area (Å²) in [5.74, 6) is -4.36. The molecular formula is C19H25F3N2O3. The molecule has 27 heavy (non-hydrogen) atoms. The summed E-state index contributed by atoms with van der Waals surface area (Å²) < 4.78 is 47.3. The van der Waals surface area contributed by atoms with Crippen LogP contribution in [0, 0.1) is 5.82 Å². The second-order valence-corrected chi connectivity index (χ2v) is 8.04. The quantitative estimate of drug-likeness (QED) is 0.844. The van der Waals surface area contributed by atoms with Crippen LogP contribution in [0.15, 0.2) is 18.2 Å². The molecule has 1 N–H and O–H groups in total. The number of rotatable bonds is 3. The van der Waals surface area contributed by atoms with Crippen molar-refractivity contribution in [3.05, 3.63) is 35.1 Å². The minimum atomic E-state index is -3.17. The summed E-state index contributed by atoms with van der Waals surface area (Å²) in [6, 6.07) is 2.00. The molecule has 5 nitrogen and oxygen atoms in total. The van der Waals surface area contributed by atoms with Crippen LogP contribution in [0.2, 0.25) is 0 Å². The number of nitrogens with one attached hydrogen (secondary N) is 1. The van der Waals surface area contributed by atoms with Crippen molar-refractivity contribution in [2.24, 2.45) is 0 Å². The highest BCUT2D eigenvalue weighted by atomic mass is 19.3. The first kappa shape index (κ1) is 21.1. The third kappa shape index (κ3) is 5.37. The van der Waals surface area contributed by atoms with Crippen molar-refractivity contribution in [3.8, 4) is 0 Å². The highest BCUT2D eigenvalue weighted by molar-refractivity contribution is 5.96. The van der Waals surface area contributed by atoms with Crippen LogP contribution in [0.5, 0.6) is 0 Å². The highest BCUT2D eigenvalue weighted by Crippen LogP contribution is 2.43. The average Bonchev–Trinajstić information content (AvgIpc) is 2.80. The summed E-state index contributed by atoms with van der Waals surface area (Å²) in [6.45, 7) is 7.51. The Morgan fingerprint density at radius 3 is 2.48 bits per heavy atom. The van der Waals surface area contributed by atoms with Gasteiger partial charge in [-0.1, -0.05) is 0 Å². The monoisotopic (exact) mass is 386 g/mol. The fraction of sp³-hybridized carbons (Fsp3) is 0.579. The zero-order valence-electron chi connectivity index (χ0n) is 16.1. The van der Waals surface area contributed by atoms with Gasteiger partial charge < -0.3 is 10.1 Å². The molecule has 0 aromatic heterocycles. The van der Waals surface area contributed by atoms with Crippen LogP contribution in [-0.2, 0) is 4.74 Å². The Bertz CT molecular complexity index is 729. The molecule has 150 valence electrons. The van der Waals surface area contributed by atoms with Crippen molar-refractivity contribution in [2.75, 3.05) is 6.54 Å². The number of benzene rings is 1. The maximum atomic E-state index is 14.1. The lowest BCUT2D eigenvalue weighted by atomic mass is 9.97. The van der Waals surface area contributed by atoms with E-state index in [2.05, 4.69) is 5.32 Å². The predicted octanol–water partition coefficient (Wildman–Crippen LogP) is 4.28. The van der Waals surface area contributed by atoms with Crippen LogP contribution in [0.3, 0.4) is 0 Å². The molecule has 1 atom stereocenters. The van der Waals surface area contributed by atoms with Crippen molar-refractivity contribution in [1.82, 2.24) is 10.2 Å². The van der Waals surface area contributed by atoms with Crippen molar-refractivity contribution in [2.45, 2.75) is 64.6 Å². The summed E-state index contributed by atoms with van der Waals surface area (Å²) >= 11 is 0. The molecule has 0 saturated carbocycles. The summed E-state index contributed by atoms with van der Waals surface area (Å²) in [5, 5.41) is 2.66. The minimum Gasteiger partial charge on any atom is -0.444 e.